The van der Waals surface area contributed by atoms with Gasteiger partial charge in [0.05, 0.1) is 23.5 Å². The molecular weight excluding hydrogens is 1050 g/mol. The van der Waals surface area contributed by atoms with Crippen LogP contribution in [0.2, 0.25) is 0 Å². The van der Waals surface area contributed by atoms with E-state index in [2.05, 4.69) is 44.3 Å². The molecule has 6 aromatic rings. The van der Waals surface area contributed by atoms with Crippen LogP contribution >= 0.6 is 0 Å². The summed E-state index contributed by atoms with van der Waals surface area (Å²) in [4.78, 5) is 91.2. The van der Waals surface area contributed by atoms with Crippen molar-refractivity contribution in [3.05, 3.63) is 186 Å². The molecular formula is C64H68F2N8O8. The highest BCUT2D eigenvalue weighted by Gasteiger charge is 2.44. The van der Waals surface area contributed by atoms with Crippen LogP contribution in [0, 0.1) is 35.3 Å². The highest BCUT2D eigenvalue weighted by atomic mass is 19.1. The molecule has 8 rings (SSSR count). The van der Waals surface area contributed by atoms with Gasteiger partial charge in [-0.2, -0.15) is 0 Å². The zero-order valence-electron chi connectivity index (χ0n) is 46.8. The zero-order chi connectivity index (χ0) is 58.9. The third-order valence-corrected chi connectivity index (χ3v) is 14.8. The summed E-state index contributed by atoms with van der Waals surface area (Å²) in [6.07, 6.45) is 1.46. The summed E-state index contributed by atoms with van der Waals surface area (Å²) >= 11 is 0. The predicted octanol–water partition coefficient (Wildman–Crippen LogP) is 6.17. The smallest absolute Gasteiger partial charge is 0.251 e. The monoisotopic (exact) mass is 1110 g/mol. The molecule has 0 unspecified atom stereocenters. The summed E-state index contributed by atoms with van der Waals surface area (Å²) in [6, 6.07) is 25.7. The number of nitrogens with zero attached hydrogens (tertiary/aromatic N) is 2. The maximum Gasteiger partial charge on any atom is 0.251 e. The van der Waals surface area contributed by atoms with Gasteiger partial charge in [0.15, 0.2) is 0 Å². The van der Waals surface area contributed by atoms with Crippen molar-refractivity contribution in [3.63, 3.8) is 0 Å². The predicted molar refractivity (Wildman–Crippen MR) is 311 cm³/mol. The van der Waals surface area contributed by atoms with Crippen molar-refractivity contribution >= 4 is 35.0 Å². The van der Waals surface area contributed by atoms with Crippen LogP contribution in [0.5, 0.6) is 11.5 Å². The standard InChI is InChI=1S/C64H68F2N8O8/c1-7-49(67)59(77)69-51(61(79)73-37-63(3,4)55-53(73)35-43(57(75)71-55)31-39-13-21-45(65)22-14-39)33-41-17-25-47(26-18-41)81-29-11-9-10-12-30-82-48-27-19-42(20-28-48)34-52(70-60(78)50(68)8-2)62(80)74-38-64(5,6)56-54(74)36-44(58(76)72-56)32-40-15-23-46(66)24-16-40/h13-28,35-36,49-52H,7-8,29-34,37-38,67-68H2,1-6H3,(H,69,77)(H,70,78)(H,71,75)(H,72,76)/t49-,50-,51-,52-/m0/s1. The molecule has 0 bridgehead atoms. The van der Waals surface area contributed by atoms with E-state index in [9.17, 15) is 37.5 Å². The first-order valence-electron chi connectivity index (χ1n) is 27.3. The van der Waals surface area contributed by atoms with Gasteiger partial charge in [0, 0.05) is 72.1 Å². The summed E-state index contributed by atoms with van der Waals surface area (Å²) in [7, 11) is 0. The van der Waals surface area contributed by atoms with E-state index in [1.165, 1.54) is 24.3 Å². The van der Waals surface area contributed by atoms with E-state index in [0.717, 1.165) is 22.3 Å². The Morgan fingerprint density at radius 1 is 0.573 bits per heavy atom. The van der Waals surface area contributed by atoms with Gasteiger partial charge >= 0.3 is 0 Å². The average Bonchev–Trinajstić information content (AvgIpc) is 2.35. The molecule has 0 saturated heterocycles. The Bertz CT molecular complexity index is 3340. The number of hydrogen-bond acceptors (Lipinski definition) is 10. The van der Waals surface area contributed by atoms with Crippen molar-refractivity contribution in [2.24, 2.45) is 11.5 Å². The Kier molecular flexibility index (Phi) is 18.6. The summed E-state index contributed by atoms with van der Waals surface area (Å²) in [5, 5.41) is 5.75. The van der Waals surface area contributed by atoms with Crippen LogP contribution in [-0.2, 0) is 55.7 Å². The molecule has 16 nitrogen and oxygen atoms in total. The highest BCUT2D eigenvalue weighted by molar-refractivity contribution is 6.03. The number of nitrogens with one attached hydrogen (secondary N) is 4. The van der Waals surface area contributed by atoms with Gasteiger partial charge in [-0.25, -0.2) is 8.78 Å². The zero-order valence-corrected chi connectivity index (χ0v) is 46.8. The van der Waals surface area contributed by atoms with Gasteiger partial charge in [-0.15, -0.1) is 0 Å². The van der Waals surface area contributed by atoms with E-state index in [1.54, 1.807) is 109 Å². The lowest BCUT2D eigenvalue weighted by atomic mass is 9.91. The molecule has 18 heteroatoms. The Morgan fingerprint density at radius 3 is 1.26 bits per heavy atom. The molecule has 8 N–H and O–H groups in total. The maximum absolute atomic E-state index is 14.5. The fourth-order valence-electron chi connectivity index (χ4n) is 10.0. The van der Waals surface area contributed by atoms with Crippen LogP contribution in [0.1, 0.15) is 99.2 Å². The molecule has 2 aliphatic rings. The molecule has 0 saturated carbocycles. The fourth-order valence-corrected chi connectivity index (χ4v) is 10.0. The number of anilines is 2. The van der Waals surface area contributed by atoms with Crippen molar-refractivity contribution in [1.29, 1.82) is 0 Å². The lowest BCUT2D eigenvalue weighted by Crippen LogP contribution is -2.53. The molecule has 0 radical (unpaired) electrons. The van der Waals surface area contributed by atoms with Crippen LogP contribution in [0.15, 0.2) is 119 Å². The van der Waals surface area contributed by atoms with Gasteiger partial charge < -0.3 is 51.3 Å². The lowest BCUT2D eigenvalue weighted by molar-refractivity contribution is -0.128. The Balaban J connectivity index is 0.856. The lowest BCUT2D eigenvalue weighted by Gasteiger charge is -2.27. The van der Waals surface area contributed by atoms with E-state index in [4.69, 9.17) is 20.9 Å². The number of ether oxygens (including phenoxy) is 2. The van der Waals surface area contributed by atoms with Crippen molar-refractivity contribution in [3.8, 4) is 35.2 Å². The minimum Gasteiger partial charge on any atom is -0.481 e. The van der Waals surface area contributed by atoms with Crippen molar-refractivity contribution in [1.82, 2.24) is 20.6 Å². The molecule has 4 heterocycles. The first-order valence-corrected chi connectivity index (χ1v) is 27.3. The quantitative estimate of drug-likeness (QED) is 0.0476. The average molecular weight is 1120 g/mol. The summed E-state index contributed by atoms with van der Waals surface area (Å²) < 4.78 is 38.9. The van der Waals surface area contributed by atoms with Gasteiger partial charge in [0.1, 0.15) is 48.4 Å². The number of aromatic nitrogens is 2. The number of pyridine rings is 2. The first-order chi connectivity index (χ1) is 39.1. The molecule has 4 atom stereocenters. The van der Waals surface area contributed by atoms with Gasteiger partial charge in [0.25, 0.3) is 11.1 Å². The number of halogens is 2. The molecule has 4 aromatic carbocycles. The number of carbonyl (C=O) groups is 4. The number of fused-ring (bicyclic) bond motifs is 2. The number of carbonyl (C=O) groups excluding carboxylic acids is 4. The second kappa shape index (κ2) is 25.7. The molecule has 0 fully saturated rings. The third-order valence-electron chi connectivity index (χ3n) is 14.8. The first kappa shape index (κ1) is 59.3. The molecule has 0 aliphatic carbocycles. The second-order valence-electron chi connectivity index (χ2n) is 22.0. The molecule has 0 spiro atoms. The Labute approximate surface area is 475 Å². The summed E-state index contributed by atoms with van der Waals surface area (Å²) in [5.41, 5.74) is 16.4. The fraction of sp³-hybridized carbons (Fsp3) is 0.344. The largest absolute Gasteiger partial charge is 0.481 e. The van der Waals surface area contributed by atoms with Gasteiger partial charge in [-0.05, 0) is 119 Å². The SMILES string of the molecule is CC[C@H](N)C(=O)N[C@@H](Cc1ccc(OCC#CC#CCOc2ccc(C[C@H](NC(=O)[C@@H](N)CC)C(=O)N3CC(C)(C)c4[nH]c(=O)c(Cc5ccc(F)cc5)cc43)cc2)cc1)C(=O)N1CC(C)(C)c2[nH]c(=O)c(Cc3ccc(F)cc3)cc21. The molecule has 2 aromatic heterocycles. The number of nitrogens with two attached hydrogens (primary N) is 2. The normalized spacial score (nSPS) is 15.0. The van der Waals surface area contributed by atoms with E-state index in [-0.39, 0.29) is 86.6 Å². The number of hydrogen-bond donors (Lipinski definition) is 6. The molecule has 82 heavy (non-hydrogen) atoms. The Morgan fingerprint density at radius 2 is 0.915 bits per heavy atom. The van der Waals surface area contributed by atoms with E-state index >= 15 is 0 Å². The molecule has 2 aliphatic heterocycles. The van der Waals surface area contributed by atoms with Gasteiger partial charge in [0.2, 0.25) is 23.6 Å². The number of amides is 4. The van der Waals surface area contributed by atoms with E-state index in [0.29, 0.717) is 58.2 Å². The van der Waals surface area contributed by atoms with Crippen molar-refractivity contribution in [2.45, 2.75) is 115 Å². The highest BCUT2D eigenvalue weighted by Crippen LogP contribution is 2.41. The minimum absolute atomic E-state index is 0.0340. The Hall–Kier alpha value is -8.84. The van der Waals surface area contributed by atoms with Crippen molar-refractivity contribution < 1.29 is 37.4 Å². The van der Waals surface area contributed by atoms with Crippen molar-refractivity contribution in [2.75, 3.05) is 36.1 Å². The second-order valence-corrected chi connectivity index (χ2v) is 22.0. The van der Waals surface area contributed by atoms with Crippen LogP contribution < -0.4 is 52.5 Å². The number of benzene rings is 4. The molecule has 4 amide bonds. The van der Waals surface area contributed by atoms with Crippen LogP contribution in [0.25, 0.3) is 0 Å². The maximum atomic E-state index is 14.5. The summed E-state index contributed by atoms with van der Waals surface area (Å²) in [5.74, 6) is 9.83. The van der Waals surface area contributed by atoms with Gasteiger partial charge in [-0.1, -0.05) is 90.1 Å². The number of aromatic amines is 2. The van der Waals surface area contributed by atoms with Crippen LogP contribution in [0.4, 0.5) is 20.2 Å². The number of H-pyrrole nitrogens is 2. The third kappa shape index (κ3) is 14.4. The summed E-state index contributed by atoms with van der Waals surface area (Å²) in [6.45, 7) is 11.9. The van der Waals surface area contributed by atoms with Crippen LogP contribution in [-0.4, -0.2) is 84.1 Å². The van der Waals surface area contributed by atoms with E-state index in [1.807, 2.05) is 27.7 Å². The molecule has 426 valence electrons. The van der Waals surface area contributed by atoms with Crippen LogP contribution in [0.3, 0.4) is 0 Å². The van der Waals surface area contributed by atoms with Gasteiger partial charge in [-0.3, -0.25) is 28.8 Å². The van der Waals surface area contributed by atoms with E-state index < -0.39 is 46.8 Å². The topological polar surface area (TPSA) is 235 Å². The minimum atomic E-state index is -0.998. The number of rotatable bonds is 20.